The molecule has 1 aliphatic heterocycles. The molecule has 14 heteroatoms. The molecule has 1 saturated heterocycles. The van der Waals surface area contributed by atoms with Gasteiger partial charge in [-0.2, -0.15) is 13.2 Å². The van der Waals surface area contributed by atoms with Crippen LogP contribution < -0.4 is 11.1 Å². The van der Waals surface area contributed by atoms with Crippen molar-refractivity contribution in [2.75, 3.05) is 38.0 Å². The molecule has 1 aromatic carbocycles. The number of hydrogen-bond donors (Lipinski definition) is 1. The molecular formula is C21H20F3N7O4. The fourth-order valence-corrected chi connectivity index (χ4v) is 3.61. The maximum absolute atomic E-state index is 13.1. The summed E-state index contributed by atoms with van der Waals surface area (Å²) in [6, 6.07) is 6.34. The van der Waals surface area contributed by atoms with Gasteiger partial charge in [0, 0.05) is 38.6 Å². The summed E-state index contributed by atoms with van der Waals surface area (Å²) in [5.41, 5.74) is -1.23. The van der Waals surface area contributed by atoms with Gasteiger partial charge in [0.2, 0.25) is 17.6 Å². The second kappa shape index (κ2) is 10.0. The first-order valence-corrected chi connectivity index (χ1v) is 10.5. The molecule has 1 fully saturated rings. The Morgan fingerprint density at radius 1 is 1.00 bits per heavy atom. The van der Waals surface area contributed by atoms with E-state index in [4.69, 9.17) is 0 Å². The van der Waals surface area contributed by atoms with E-state index in [1.165, 1.54) is 35.5 Å². The summed E-state index contributed by atoms with van der Waals surface area (Å²) in [4.78, 5) is 48.4. The molecule has 35 heavy (non-hydrogen) atoms. The number of carbonyl (C=O) groups is 2. The molecule has 184 valence electrons. The van der Waals surface area contributed by atoms with Crippen LogP contribution in [0.2, 0.25) is 0 Å². The molecule has 0 unspecified atom stereocenters. The Morgan fingerprint density at radius 3 is 2.37 bits per heavy atom. The van der Waals surface area contributed by atoms with E-state index in [9.17, 15) is 27.6 Å². The summed E-state index contributed by atoms with van der Waals surface area (Å²) in [5, 5.41) is 5.95. The van der Waals surface area contributed by atoms with Crippen molar-refractivity contribution in [3.8, 4) is 11.6 Å². The van der Waals surface area contributed by atoms with Gasteiger partial charge in [-0.15, -0.1) is 0 Å². The highest BCUT2D eigenvalue weighted by Crippen LogP contribution is 2.34. The zero-order valence-corrected chi connectivity index (χ0v) is 18.2. The lowest BCUT2D eigenvalue weighted by Gasteiger charge is -2.34. The number of amides is 2. The first-order chi connectivity index (χ1) is 16.7. The average Bonchev–Trinajstić information content (AvgIpc) is 3.19. The molecule has 3 heterocycles. The molecule has 2 amide bonds. The topological polar surface area (TPSA) is 126 Å². The third-order valence-corrected chi connectivity index (χ3v) is 5.34. The summed E-state index contributed by atoms with van der Waals surface area (Å²) in [5.74, 6) is -1.62. The summed E-state index contributed by atoms with van der Waals surface area (Å²) >= 11 is 0. The van der Waals surface area contributed by atoms with E-state index >= 15 is 0 Å². The zero-order chi connectivity index (χ0) is 25.0. The van der Waals surface area contributed by atoms with Crippen molar-refractivity contribution < 1.29 is 27.3 Å². The van der Waals surface area contributed by atoms with Crippen molar-refractivity contribution in [2.24, 2.45) is 0 Å². The molecule has 0 aliphatic carbocycles. The highest BCUT2D eigenvalue weighted by molar-refractivity contribution is 5.93. The number of nitrogens with zero attached hydrogens (tertiary/aromatic N) is 6. The summed E-state index contributed by atoms with van der Waals surface area (Å²) in [7, 11) is 0. The van der Waals surface area contributed by atoms with Crippen LogP contribution in [0.5, 0.6) is 0 Å². The van der Waals surface area contributed by atoms with Crippen molar-refractivity contribution in [3.05, 3.63) is 58.8 Å². The van der Waals surface area contributed by atoms with E-state index in [0.29, 0.717) is 13.1 Å². The number of anilines is 1. The van der Waals surface area contributed by atoms with Gasteiger partial charge >= 0.3 is 11.9 Å². The quantitative estimate of drug-likeness (QED) is 0.543. The largest absolute Gasteiger partial charge is 0.442 e. The lowest BCUT2D eigenvalue weighted by molar-refractivity contribution is -0.137. The Bertz CT molecular complexity index is 1250. The molecule has 1 N–H and O–H groups in total. The Kier molecular flexibility index (Phi) is 6.91. The molecule has 0 saturated carbocycles. The van der Waals surface area contributed by atoms with E-state index in [1.54, 1.807) is 11.0 Å². The lowest BCUT2D eigenvalue weighted by atomic mass is 10.1. The smallest absolute Gasteiger partial charge is 0.339 e. The van der Waals surface area contributed by atoms with Gasteiger partial charge in [-0.05, 0) is 18.2 Å². The van der Waals surface area contributed by atoms with Crippen molar-refractivity contribution in [1.82, 2.24) is 29.5 Å². The van der Waals surface area contributed by atoms with Gasteiger partial charge in [-0.3, -0.25) is 19.0 Å². The highest BCUT2D eigenvalue weighted by atomic mass is 19.4. The summed E-state index contributed by atoms with van der Waals surface area (Å²) in [6.07, 6.45) is -1.66. The van der Waals surface area contributed by atoms with E-state index in [-0.39, 0.29) is 49.4 Å². The normalized spacial score (nSPS) is 14.7. The van der Waals surface area contributed by atoms with Gasteiger partial charge < -0.3 is 10.2 Å². The minimum absolute atomic E-state index is 0.0263. The van der Waals surface area contributed by atoms with Crippen LogP contribution in [0.3, 0.4) is 0 Å². The van der Waals surface area contributed by atoms with Crippen molar-refractivity contribution in [2.45, 2.75) is 12.7 Å². The molecule has 1 aliphatic rings. The van der Waals surface area contributed by atoms with Crippen LogP contribution in [-0.2, 0) is 22.3 Å². The molecule has 3 aromatic rings. The third-order valence-electron chi connectivity index (χ3n) is 5.34. The zero-order valence-electron chi connectivity index (χ0n) is 18.2. The number of halogens is 3. The Balaban J connectivity index is 1.31. The standard InChI is InChI=1S/C21H20F3N7O4/c22-21(23,24)14-4-1-2-5-15(14)27-16(32)12-29-8-10-30(11-9-29)17(33)13-31-19(28-35-20(31)34)18-25-6-3-7-26-18/h1-7H,8-13H2,(H,27,32). The Hall–Kier alpha value is -4.07. The predicted molar refractivity (Wildman–Crippen MR) is 115 cm³/mol. The highest BCUT2D eigenvalue weighted by Gasteiger charge is 2.33. The number of carbonyl (C=O) groups excluding carboxylic acids is 2. The summed E-state index contributed by atoms with van der Waals surface area (Å²) < 4.78 is 45.1. The minimum Gasteiger partial charge on any atom is -0.339 e. The molecule has 0 atom stereocenters. The second-order valence-corrected chi connectivity index (χ2v) is 7.68. The molecule has 0 radical (unpaired) electrons. The average molecular weight is 491 g/mol. The molecule has 11 nitrogen and oxygen atoms in total. The van der Waals surface area contributed by atoms with Crippen LogP contribution in [0.4, 0.5) is 18.9 Å². The molecule has 2 aromatic heterocycles. The van der Waals surface area contributed by atoms with Crippen LogP contribution in [0, 0.1) is 0 Å². The third kappa shape index (κ3) is 5.71. The number of hydrogen-bond acceptors (Lipinski definition) is 8. The lowest BCUT2D eigenvalue weighted by Crippen LogP contribution is -2.51. The van der Waals surface area contributed by atoms with Crippen LogP contribution in [-0.4, -0.2) is 74.0 Å². The molecule has 0 bridgehead atoms. The maximum Gasteiger partial charge on any atom is 0.442 e. The van der Waals surface area contributed by atoms with Crippen LogP contribution >= 0.6 is 0 Å². The van der Waals surface area contributed by atoms with Gasteiger partial charge in [-0.1, -0.05) is 17.3 Å². The number of piperazine rings is 1. The van der Waals surface area contributed by atoms with Crippen molar-refractivity contribution >= 4 is 17.5 Å². The Morgan fingerprint density at radius 2 is 1.69 bits per heavy atom. The number of para-hydroxylation sites is 1. The van der Waals surface area contributed by atoms with Crippen LogP contribution in [0.25, 0.3) is 11.6 Å². The van der Waals surface area contributed by atoms with Gasteiger partial charge in [0.25, 0.3) is 0 Å². The number of benzene rings is 1. The minimum atomic E-state index is -4.59. The van der Waals surface area contributed by atoms with Crippen LogP contribution in [0.1, 0.15) is 5.56 Å². The van der Waals surface area contributed by atoms with E-state index < -0.39 is 23.4 Å². The summed E-state index contributed by atoms with van der Waals surface area (Å²) in [6.45, 7) is 0.727. The SMILES string of the molecule is O=C(CN1CCN(C(=O)Cn2c(-c3ncccn3)noc2=O)CC1)Nc1ccccc1C(F)(F)F. The van der Waals surface area contributed by atoms with Gasteiger partial charge in [0.1, 0.15) is 6.54 Å². The number of aromatic nitrogens is 4. The van der Waals surface area contributed by atoms with Crippen LogP contribution in [0.15, 0.2) is 52.0 Å². The first-order valence-electron chi connectivity index (χ1n) is 10.5. The first kappa shape index (κ1) is 24.1. The molecule has 0 spiro atoms. The number of nitrogens with one attached hydrogen (secondary N) is 1. The van der Waals surface area contributed by atoms with E-state index in [0.717, 1.165) is 10.6 Å². The molecular weight excluding hydrogens is 471 g/mol. The second-order valence-electron chi connectivity index (χ2n) is 7.68. The van der Waals surface area contributed by atoms with Gasteiger partial charge in [0.05, 0.1) is 17.8 Å². The number of alkyl halides is 3. The fourth-order valence-electron chi connectivity index (χ4n) is 3.61. The van der Waals surface area contributed by atoms with Crippen molar-refractivity contribution in [3.63, 3.8) is 0 Å². The predicted octanol–water partition coefficient (Wildman–Crippen LogP) is 1.10. The fraction of sp³-hybridized carbons (Fsp3) is 0.333. The molecule has 4 rings (SSSR count). The van der Waals surface area contributed by atoms with Gasteiger partial charge in [0.15, 0.2) is 5.82 Å². The van der Waals surface area contributed by atoms with Gasteiger partial charge in [-0.25, -0.2) is 19.3 Å². The monoisotopic (exact) mass is 491 g/mol. The maximum atomic E-state index is 13.1. The Labute approximate surface area is 196 Å². The van der Waals surface area contributed by atoms with Crippen molar-refractivity contribution in [1.29, 1.82) is 0 Å². The number of rotatable bonds is 6. The van der Waals surface area contributed by atoms with E-state index in [2.05, 4.69) is 25.0 Å². The van der Waals surface area contributed by atoms with E-state index in [1.807, 2.05) is 0 Å².